The second-order valence-electron chi connectivity index (χ2n) is 4.11. The average molecular weight is 292 g/mol. The number of hydrogen-bond donors (Lipinski definition) is 2. The maximum Gasteiger partial charge on any atom is 0.317 e. The summed E-state index contributed by atoms with van der Waals surface area (Å²) in [5.41, 5.74) is 0. The minimum atomic E-state index is -0.971. The van der Waals surface area contributed by atoms with Gasteiger partial charge in [-0.1, -0.05) is 0 Å². The molecule has 1 unspecified atom stereocenters. The number of carboxylic acids is 1. The largest absolute Gasteiger partial charge is 0.481 e. The summed E-state index contributed by atoms with van der Waals surface area (Å²) in [5, 5.41) is 11.3. The molecule has 0 fully saturated rings. The summed E-state index contributed by atoms with van der Waals surface area (Å²) in [6.07, 6.45) is -0.712. The number of methoxy groups -OCH3 is 3. The third kappa shape index (κ3) is 8.68. The summed E-state index contributed by atoms with van der Waals surface area (Å²) in [6.45, 7) is 1.84. The Labute approximate surface area is 119 Å². The Morgan fingerprint density at radius 3 is 2.10 bits per heavy atom. The van der Waals surface area contributed by atoms with Crippen molar-refractivity contribution >= 4 is 12.0 Å². The molecule has 118 valence electrons. The number of nitrogens with one attached hydrogen (secondary N) is 1. The van der Waals surface area contributed by atoms with Gasteiger partial charge in [-0.15, -0.1) is 0 Å². The molecular weight excluding hydrogens is 268 g/mol. The molecule has 0 saturated heterocycles. The maximum absolute atomic E-state index is 12.0. The Bertz CT molecular complexity index is 279. The van der Waals surface area contributed by atoms with Crippen molar-refractivity contribution in [1.29, 1.82) is 0 Å². The molecule has 0 aliphatic heterocycles. The highest BCUT2D eigenvalue weighted by Gasteiger charge is 2.17. The van der Waals surface area contributed by atoms with Crippen LogP contribution in [-0.2, 0) is 19.0 Å². The molecule has 8 nitrogen and oxygen atoms in total. The fourth-order valence-corrected chi connectivity index (χ4v) is 1.46. The van der Waals surface area contributed by atoms with Crippen molar-refractivity contribution in [1.82, 2.24) is 10.2 Å². The number of amides is 2. The minimum Gasteiger partial charge on any atom is -0.481 e. The third-order valence-corrected chi connectivity index (χ3v) is 2.63. The van der Waals surface area contributed by atoms with Crippen LogP contribution in [0.2, 0.25) is 0 Å². The second-order valence-corrected chi connectivity index (χ2v) is 4.11. The Kier molecular flexibility index (Phi) is 10.7. The van der Waals surface area contributed by atoms with E-state index in [4.69, 9.17) is 19.3 Å². The predicted octanol–water partition coefficient (Wildman–Crippen LogP) is -0.219. The molecule has 0 aliphatic carbocycles. The molecule has 0 bridgehead atoms. The highest BCUT2D eigenvalue weighted by Crippen LogP contribution is 1.97. The van der Waals surface area contributed by atoms with Crippen LogP contribution in [0.5, 0.6) is 0 Å². The van der Waals surface area contributed by atoms with E-state index in [0.717, 1.165) is 0 Å². The second kappa shape index (κ2) is 11.4. The first-order chi connectivity index (χ1) is 9.54. The van der Waals surface area contributed by atoms with E-state index in [0.29, 0.717) is 26.3 Å². The van der Waals surface area contributed by atoms with Crippen molar-refractivity contribution in [3.63, 3.8) is 0 Å². The smallest absolute Gasteiger partial charge is 0.317 e. The van der Waals surface area contributed by atoms with E-state index in [9.17, 15) is 9.59 Å². The molecular formula is C12H24N2O6. The fourth-order valence-electron chi connectivity index (χ4n) is 1.46. The molecule has 0 radical (unpaired) electrons. The van der Waals surface area contributed by atoms with Crippen LogP contribution < -0.4 is 5.32 Å². The number of carbonyl (C=O) groups excluding carboxylic acids is 1. The molecule has 0 heterocycles. The van der Waals surface area contributed by atoms with Crippen molar-refractivity contribution in [3.05, 3.63) is 0 Å². The lowest BCUT2D eigenvalue weighted by Gasteiger charge is -2.23. The highest BCUT2D eigenvalue weighted by atomic mass is 16.5. The first-order valence-corrected chi connectivity index (χ1v) is 6.30. The van der Waals surface area contributed by atoms with Crippen LogP contribution in [0.15, 0.2) is 0 Å². The van der Waals surface area contributed by atoms with E-state index in [-0.39, 0.29) is 19.0 Å². The van der Waals surface area contributed by atoms with Crippen LogP contribution in [0.3, 0.4) is 0 Å². The van der Waals surface area contributed by atoms with Gasteiger partial charge in [0.15, 0.2) is 0 Å². The molecule has 0 aromatic heterocycles. The van der Waals surface area contributed by atoms with Gasteiger partial charge in [-0.05, 0) is 0 Å². The van der Waals surface area contributed by atoms with Gasteiger partial charge in [0.25, 0.3) is 0 Å². The SMILES string of the molecule is COCCN(CCOC)C(=O)NCC(CC(=O)O)OC. The Hall–Kier alpha value is -1.38. The summed E-state index contributed by atoms with van der Waals surface area (Å²) >= 11 is 0. The number of ether oxygens (including phenoxy) is 3. The number of nitrogens with zero attached hydrogens (tertiary/aromatic N) is 1. The summed E-state index contributed by atoms with van der Waals surface area (Å²) in [5.74, 6) is -0.971. The number of carbonyl (C=O) groups is 2. The summed E-state index contributed by atoms with van der Waals surface area (Å²) in [7, 11) is 4.52. The van der Waals surface area contributed by atoms with Gasteiger partial charge in [0.1, 0.15) is 0 Å². The molecule has 20 heavy (non-hydrogen) atoms. The molecule has 0 saturated carbocycles. The van der Waals surface area contributed by atoms with Gasteiger partial charge in [-0.3, -0.25) is 4.79 Å². The van der Waals surface area contributed by atoms with E-state index in [1.165, 1.54) is 7.11 Å². The zero-order valence-corrected chi connectivity index (χ0v) is 12.3. The first-order valence-electron chi connectivity index (χ1n) is 6.30. The summed E-state index contributed by atoms with van der Waals surface area (Å²) in [6, 6.07) is -0.300. The van der Waals surface area contributed by atoms with Crippen molar-refractivity contribution in [3.8, 4) is 0 Å². The van der Waals surface area contributed by atoms with E-state index in [1.54, 1.807) is 19.1 Å². The predicted molar refractivity (Wildman–Crippen MR) is 71.8 cm³/mol. The van der Waals surface area contributed by atoms with Crippen LogP contribution in [-0.4, -0.2) is 82.3 Å². The minimum absolute atomic E-state index is 0.137. The molecule has 0 aliphatic rings. The number of aliphatic carboxylic acids is 1. The average Bonchev–Trinajstić information content (AvgIpc) is 2.42. The van der Waals surface area contributed by atoms with Crippen molar-refractivity contribution in [2.75, 3.05) is 54.2 Å². The molecule has 0 rings (SSSR count). The lowest BCUT2D eigenvalue weighted by molar-refractivity contribution is -0.139. The van der Waals surface area contributed by atoms with Gasteiger partial charge >= 0.3 is 12.0 Å². The Balaban J connectivity index is 4.23. The van der Waals surface area contributed by atoms with E-state index >= 15 is 0 Å². The number of carboxylic acid groups (broad SMARTS) is 1. The lowest BCUT2D eigenvalue weighted by Crippen LogP contribution is -2.46. The first kappa shape index (κ1) is 18.6. The highest BCUT2D eigenvalue weighted by molar-refractivity contribution is 5.74. The molecule has 8 heteroatoms. The van der Waals surface area contributed by atoms with Crippen molar-refractivity contribution < 1.29 is 28.9 Å². The Morgan fingerprint density at radius 2 is 1.70 bits per heavy atom. The zero-order valence-electron chi connectivity index (χ0n) is 12.3. The molecule has 0 aromatic rings. The molecule has 0 aromatic carbocycles. The molecule has 0 spiro atoms. The topological polar surface area (TPSA) is 97.3 Å². The fraction of sp³-hybridized carbons (Fsp3) is 0.833. The molecule has 1 atom stereocenters. The number of urea groups is 1. The normalized spacial score (nSPS) is 11.9. The maximum atomic E-state index is 12.0. The van der Waals surface area contributed by atoms with E-state index < -0.39 is 12.1 Å². The number of hydrogen-bond acceptors (Lipinski definition) is 5. The van der Waals surface area contributed by atoms with Crippen LogP contribution >= 0.6 is 0 Å². The lowest BCUT2D eigenvalue weighted by atomic mass is 10.2. The number of rotatable bonds is 11. The Morgan fingerprint density at radius 1 is 1.15 bits per heavy atom. The van der Waals surface area contributed by atoms with E-state index in [1.807, 2.05) is 0 Å². The van der Waals surface area contributed by atoms with Gasteiger partial charge in [-0.25, -0.2) is 4.79 Å². The zero-order chi connectivity index (χ0) is 15.4. The molecule has 2 N–H and O–H groups in total. The third-order valence-electron chi connectivity index (χ3n) is 2.63. The van der Waals surface area contributed by atoms with Crippen molar-refractivity contribution in [2.24, 2.45) is 0 Å². The van der Waals surface area contributed by atoms with Crippen molar-refractivity contribution in [2.45, 2.75) is 12.5 Å². The van der Waals surface area contributed by atoms with Gasteiger partial charge in [0.2, 0.25) is 0 Å². The van der Waals surface area contributed by atoms with E-state index in [2.05, 4.69) is 5.32 Å². The standard InChI is InChI=1S/C12H24N2O6/c1-18-6-4-14(5-7-19-2)12(17)13-9-10(20-3)8-11(15)16/h10H,4-9H2,1-3H3,(H,13,17)(H,15,16). The van der Waals surface area contributed by atoms with Crippen LogP contribution in [0.4, 0.5) is 4.79 Å². The quantitative estimate of drug-likeness (QED) is 0.546. The monoisotopic (exact) mass is 292 g/mol. The van der Waals surface area contributed by atoms with Gasteiger partial charge in [-0.2, -0.15) is 0 Å². The van der Waals surface area contributed by atoms with Crippen LogP contribution in [0.25, 0.3) is 0 Å². The summed E-state index contributed by atoms with van der Waals surface area (Å²) < 4.78 is 14.9. The van der Waals surface area contributed by atoms with Gasteiger partial charge < -0.3 is 29.5 Å². The van der Waals surface area contributed by atoms with Crippen LogP contribution in [0.1, 0.15) is 6.42 Å². The molecule has 2 amide bonds. The van der Waals surface area contributed by atoms with Gasteiger partial charge in [0, 0.05) is 41.0 Å². The van der Waals surface area contributed by atoms with Gasteiger partial charge in [0.05, 0.1) is 25.7 Å². The summed E-state index contributed by atoms with van der Waals surface area (Å²) in [4.78, 5) is 24.1. The van der Waals surface area contributed by atoms with Crippen LogP contribution in [0, 0.1) is 0 Å².